The lowest BCUT2D eigenvalue weighted by Gasteiger charge is -2.10. The van der Waals surface area contributed by atoms with E-state index in [2.05, 4.69) is 12.2 Å². The predicted octanol–water partition coefficient (Wildman–Crippen LogP) is 4.53. The quantitative estimate of drug-likeness (QED) is 0.360. The molecular weight excluding hydrogens is 340 g/mol. The summed E-state index contributed by atoms with van der Waals surface area (Å²) in [5.74, 6) is 0.0107. The van der Waals surface area contributed by atoms with Gasteiger partial charge in [-0.05, 0) is 44.8 Å². The first-order valence-corrected chi connectivity index (χ1v) is 10.2. The number of hydrogen-bond donors (Lipinski definition) is 1. The molecular formula is C22H36N2O3. The van der Waals surface area contributed by atoms with Gasteiger partial charge in [-0.2, -0.15) is 0 Å². The molecule has 0 atom stereocenters. The Morgan fingerprint density at radius 1 is 0.963 bits per heavy atom. The maximum Gasteiger partial charge on any atom is 0.338 e. The molecule has 5 heteroatoms. The van der Waals surface area contributed by atoms with Crippen LogP contribution in [0.3, 0.4) is 0 Å². The highest BCUT2D eigenvalue weighted by Gasteiger charge is 2.07. The maximum absolute atomic E-state index is 11.9. The van der Waals surface area contributed by atoms with E-state index in [1.165, 1.54) is 25.7 Å². The van der Waals surface area contributed by atoms with Crippen molar-refractivity contribution >= 4 is 17.4 Å². The van der Waals surface area contributed by atoms with Gasteiger partial charge in [0.15, 0.2) is 0 Å². The van der Waals surface area contributed by atoms with Gasteiger partial charge in [0, 0.05) is 31.6 Å². The Balaban J connectivity index is 2.18. The number of ketones is 1. The number of nitrogens with zero attached hydrogens (tertiary/aromatic N) is 1. The Hall–Kier alpha value is -1.88. The summed E-state index contributed by atoms with van der Waals surface area (Å²) in [6.07, 6.45) is 8.47. The van der Waals surface area contributed by atoms with E-state index in [0.29, 0.717) is 43.9 Å². The topological polar surface area (TPSA) is 58.6 Å². The molecule has 0 saturated carbocycles. The van der Waals surface area contributed by atoms with Crippen LogP contribution in [-0.2, 0) is 9.53 Å². The van der Waals surface area contributed by atoms with E-state index in [9.17, 15) is 9.59 Å². The number of hydrogen-bond acceptors (Lipinski definition) is 5. The van der Waals surface area contributed by atoms with Gasteiger partial charge in [-0.1, -0.05) is 39.0 Å². The summed E-state index contributed by atoms with van der Waals surface area (Å²) >= 11 is 0. The van der Waals surface area contributed by atoms with Crippen molar-refractivity contribution in [2.45, 2.75) is 58.3 Å². The molecule has 0 radical (unpaired) electrons. The van der Waals surface area contributed by atoms with Crippen LogP contribution in [0.2, 0.25) is 0 Å². The van der Waals surface area contributed by atoms with Crippen molar-refractivity contribution in [3.05, 3.63) is 29.8 Å². The highest BCUT2D eigenvalue weighted by molar-refractivity contribution is 5.89. The average Bonchev–Trinajstić information content (AvgIpc) is 2.64. The minimum Gasteiger partial charge on any atom is -0.461 e. The smallest absolute Gasteiger partial charge is 0.338 e. The molecule has 0 heterocycles. The van der Waals surface area contributed by atoms with Crippen molar-refractivity contribution in [3.63, 3.8) is 0 Å². The molecule has 1 aromatic carbocycles. The van der Waals surface area contributed by atoms with Crippen LogP contribution in [0.5, 0.6) is 0 Å². The standard InChI is InChI=1S/C22H36N2O3/c1-4-5-6-7-8-9-10-21(25)15-16-23-20-13-11-19(12-14-20)22(26)27-18-17-24(2)3/h11-14,23H,4-10,15-18H2,1-3H3. The third-order valence-corrected chi connectivity index (χ3v) is 4.43. The molecule has 0 aliphatic carbocycles. The first kappa shape index (κ1) is 23.2. The summed E-state index contributed by atoms with van der Waals surface area (Å²) in [5.41, 5.74) is 1.45. The number of esters is 1. The van der Waals surface area contributed by atoms with E-state index in [1.807, 2.05) is 31.1 Å². The van der Waals surface area contributed by atoms with Crippen LogP contribution >= 0.6 is 0 Å². The Morgan fingerprint density at radius 3 is 2.30 bits per heavy atom. The normalized spacial score (nSPS) is 10.8. The predicted molar refractivity (Wildman–Crippen MR) is 111 cm³/mol. The second kappa shape index (κ2) is 14.2. The Morgan fingerprint density at radius 2 is 1.63 bits per heavy atom. The molecule has 0 fully saturated rings. The zero-order valence-corrected chi connectivity index (χ0v) is 17.3. The molecule has 1 N–H and O–H groups in total. The Labute approximate surface area is 164 Å². The van der Waals surface area contributed by atoms with Gasteiger partial charge in [-0.3, -0.25) is 4.79 Å². The number of likely N-dealkylation sites (N-methyl/N-ethyl adjacent to an activating group) is 1. The second-order valence-electron chi connectivity index (χ2n) is 7.25. The van der Waals surface area contributed by atoms with Gasteiger partial charge in [0.2, 0.25) is 0 Å². The Bertz CT molecular complexity index is 541. The van der Waals surface area contributed by atoms with Crippen LogP contribution in [0.15, 0.2) is 24.3 Å². The molecule has 5 nitrogen and oxygen atoms in total. The number of nitrogens with one attached hydrogen (secondary N) is 1. The zero-order valence-electron chi connectivity index (χ0n) is 17.3. The number of carbonyl (C=O) groups excluding carboxylic acids is 2. The van der Waals surface area contributed by atoms with E-state index in [4.69, 9.17) is 4.74 Å². The summed E-state index contributed by atoms with van der Waals surface area (Å²) in [5, 5.41) is 3.24. The number of carbonyl (C=O) groups is 2. The van der Waals surface area contributed by atoms with Crippen LogP contribution in [0, 0.1) is 0 Å². The zero-order chi connectivity index (χ0) is 19.9. The van der Waals surface area contributed by atoms with Gasteiger partial charge >= 0.3 is 5.97 Å². The first-order chi connectivity index (χ1) is 13.0. The van der Waals surface area contributed by atoms with Gasteiger partial charge < -0.3 is 15.0 Å². The van der Waals surface area contributed by atoms with Gasteiger partial charge in [0.05, 0.1) is 5.56 Å². The minimum atomic E-state index is -0.308. The molecule has 0 saturated heterocycles. The van der Waals surface area contributed by atoms with E-state index in [-0.39, 0.29) is 5.97 Å². The SMILES string of the molecule is CCCCCCCCC(=O)CCNc1ccc(C(=O)OCCN(C)C)cc1. The van der Waals surface area contributed by atoms with Crippen molar-refractivity contribution in [1.82, 2.24) is 4.90 Å². The molecule has 0 aliphatic rings. The molecule has 0 aromatic heterocycles. The third kappa shape index (κ3) is 11.4. The first-order valence-electron chi connectivity index (χ1n) is 10.2. The van der Waals surface area contributed by atoms with E-state index < -0.39 is 0 Å². The molecule has 0 unspecified atom stereocenters. The number of ether oxygens (including phenoxy) is 1. The van der Waals surface area contributed by atoms with Crippen molar-refractivity contribution in [2.24, 2.45) is 0 Å². The van der Waals surface area contributed by atoms with Crippen LogP contribution in [0.25, 0.3) is 0 Å². The van der Waals surface area contributed by atoms with Crippen molar-refractivity contribution < 1.29 is 14.3 Å². The molecule has 27 heavy (non-hydrogen) atoms. The second-order valence-corrected chi connectivity index (χ2v) is 7.25. The fourth-order valence-corrected chi connectivity index (χ4v) is 2.70. The number of anilines is 1. The lowest BCUT2D eigenvalue weighted by molar-refractivity contribution is -0.118. The van der Waals surface area contributed by atoms with Gasteiger partial charge in [0.25, 0.3) is 0 Å². The van der Waals surface area contributed by atoms with E-state index >= 15 is 0 Å². The lowest BCUT2D eigenvalue weighted by atomic mass is 10.1. The van der Waals surface area contributed by atoms with Gasteiger partial charge in [0.1, 0.15) is 12.4 Å². The summed E-state index contributed by atoms with van der Waals surface area (Å²) in [6, 6.07) is 7.19. The highest BCUT2D eigenvalue weighted by atomic mass is 16.5. The number of rotatable bonds is 15. The maximum atomic E-state index is 11.9. The number of Topliss-reactive ketones (excluding diaryl/α,β-unsaturated/α-hetero) is 1. The van der Waals surface area contributed by atoms with Crippen molar-refractivity contribution in [3.8, 4) is 0 Å². The molecule has 0 bridgehead atoms. The number of benzene rings is 1. The van der Waals surface area contributed by atoms with Crippen molar-refractivity contribution in [2.75, 3.05) is 39.1 Å². The van der Waals surface area contributed by atoms with Crippen LogP contribution in [-0.4, -0.2) is 50.4 Å². The summed E-state index contributed by atoms with van der Waals surface area (Å²) in [6.45, 7) is 3.92. The molecule has 152 valence electrons. The lowest BCUT2D eigenvalue weighted by Crippen LogP contribution is -2.20. The van der Waals surface area contributed by atoms with Crippen LogP contribution < -0.4 is 5.32 Å². The molecule has 0 amide bonds. The van der Waals surface area contributed by atoms with E-state index in [0.717, 1.165) is 18.5 Å². The number of unbranched alkanes of at least 4 members (excludes halogenated alkanes) is 5. The third-order valence-electron chi connectivity index (χ3n) is 4.43. The fraction of sp³-hybridized carbons (Fsp3) is 0.636. The van der Waals surface area contributed by atoms with E-state index in [1.54, 1.807) is 12.1 Å². The van der Waals surface area contributed by atoms with Gasteiger partial charge in [-0.15, -0.1) is 0 Å². The summed E-state index contributed by atoms with van der Waals surface area (Å²) in [7, 11) is 3.87. The highest BCUT2D eigenvalue weighted by Crippen LogP contribution is 2.12. The summed E-state index contributed by atoms with van der Waals surface area (Å²) in [4.78, 5) is 25.8. The molecule has 1 aromatic rings. The van der Waals surface area contributed by atoms with Crippen LogP contribution in [0.4, 0.5) is 5.69 Å². The Kier molecular flexibility index (Phi) is 12.2. The fourth-order valence-electron chi connectivity index (χ4n) is 2.70. The molecule has 0 spiro atoms. The van der Waals surface area contributed by atoms with Gasteiger partial charge in [-0.25, -0.2) is 4.79 Å². The summed E-state index contributed by atoms with van der Waals surface area (Å²) < 4.78 is 5.21. The van der Waals surface area contributed by atoms with Crippen molar-refractivity contribution in [1.29, 1.82) is 0 Å². The van der Waals surface area contributed by atoms with Crippen LogP contribution in [0.1, 0.15) is 68.6 Å². The molecule has 1 rings (SSSR count). The monoisotopic (exact) mass is 376 g/mol. The average molecular weight is 377 g/mol. The molecule has 0 aliphatic heterocycles. The largest absolute Gasteiger partial charge is 0.461 e. The minimum absolute atomic E-state index is 0.308.